The van der Waals surface area contributed by atoms with Crippen molar-refractivity contribution in [2.45, 2.75) is 6.92 Å². The molecular formula is C10H7N3O. The highest BCUT2D eigenvalue weighted by Gasteiger charge is 2.08. The second-order valence-corrected chi connectivity index (χ2v) is 2.85. The molecular weight excluding hydrogens is 178 g/mol. The summed E-state index contributed by atoms with van der Waals surface area (Å²) in [7, 11) is 0. The zero-order valence-electron chi connectivity index (χ0n) is 7.56. The number of rotatable bonds is 1. The molecule has 1 aromatic carbocycles. The van der Waals surface area contributed by atoms with Crippen molar-refractivity contribution in [3.05, 3.63) is 35.7 Å². The standard InChI is InChI=1S/C10H7N3O/c1-7-4-2-3-5-8(7)10-12-9(6-11)14-13-10/h2-5H,1H3. The van der Waals surface area contributed by atoms with Crippen LogP contribution in [0.3, 0.4) is 0 Å². The van der Waals surface area contributed by atoms with E-state index in [9.17, 15) is 0 Å². The lowest BCUT2D eigenvalue weighted by molar-refractivity contribution is 0.408. The van der Waals surface area contributed by atoms with Gasteiger partial charge in [-0.2, -0.15) is 10.2 Å². The van der Waals surface area contributed by atoms with Gasteiger partial charge in [0.25, 0.3) is 0 Å². The van der Waals surface area contributed by atoms with Gasteiger partial charge in [0.1, 0.15) is 0 Å². The van der Waals surface area contributed by atoms with Gasteiger partial charge in [-0.3, -0.25) is 0 Å². The Morgan fingerprint density at radius 1 is 1.36 bits per heavy atom. The second kappa shape index (κ2) is 3.30. The summed E-state index contributed by atoms with van der Waals surface area (Å²) >= 11 is 0. The molecule has 0 saturated carbocycles. The molecule has 4 nitrogen and oxygen atoms in total. The van der Waals surface area contributed by atoms with Crippen molar-refractivity contribution in [3.63, 3.8) is 0 Å². The van der Waals surface area contributed by atoms with Gasteiger partial charge in [0, 0.05) is 5.56 Å². The summed E-state index contributed by atoms with van der Waals surface area (Å²) in [6.45, 7) is 1.96. The summed E-state index contributed by atoms with van der Waals surface area (Å²) in [4.78, 5) is 3.92. The lowest BCUT2D eigenvalue weighted by atomic mass is 10.1. The molecule has 1 heterocycles. The van der Waals surface area contributed by atoms with Crippen LogP contribution in [0.5, 0.6) is 0 Å². The maximum absolute atomic E-state index is 8.52. The summed E-state index contributed by atoms with van der Waals surface area (Å²) in [6, 6.07) is 9.47. The maximum atomic E-state index is 8.52. The number of hydrogen-bond donors (Lipinski definition) is 0. The van der Waals surface area contributed by atoms with E-state index in [1.54, 1.807) is 6.07 Å². The topological polar surface area (TPSA) is 62.7 Å². The largest absolute Gasteiger partial charge is 0.329 e. The van der Waals surface area contributed by atoms with E-state index in [0.717, 1.165) is 11.1 Å². The van der Waals surface area contributed by atoms with Gasteiger partial charge < -0.3 is 4.52 Å². The van der Waals surface area contributed by atoms with Gasteiger partial charge in [0.05, 0.1) is 0 Å². The fraction of sp³-hybridized carbons (Fsp3) is 0.100. The molecule has 2 rings (SSSR count). The van der Waals surface area contributed by atoms with E-state index in [1.807, 2.05) is 31.2 Å². The minimum Gasteiger partial charge on any atom is -0.322 e. The molecule has 0 saturated heterocycles. The molecule has 0 aliphatic heterocycles. The number of nitrogens with zero attached hydrogens (tertiary/aromatic N) is 3. The van der Waals surface area contributed by atoms with E-state index in [2.05, 4.69) is 10.1 Å². The van der Waals surface area contributed by atoms with Gasteiger partial charge in [-0.1, -0.05) is 29.4 Å². The van der Waals surface area contributed by atoms with Crippen LogP contribution in [0.2, 0.25) is 0 Å². The van der Waals surface area contributed by atoms with Crippen LogP contribution in [-0.2, 0) is 0 Å². The molecule has 2 aromatic rings. The molecule has 0 unspecified atom stereocenters. The van der Waals surface area contributed by atoms with Crippen LogP contribution < -0.4 is 0 Å². The average Bonchev–Trinajstić information content (AvgIpc) is 2.67. The first-order chi connectivity index (χ1) is 6.81. The molecule has 1 aromatic heterocycles. The predicted octanol–water partition coefficient (Wildman–Crippen LogP) is 1.92. The molecule has 0 radical (unpaired) electrons. The molecule has 0 aliphatic carbocycles. The summed E-state index contributed by atoms with van der Waals surface area (Å²) in [5.74, 6) is 0.447. The monoisotopic (exact) mass is 185 g/mol. The highest BCUT2D eigenvalue weighted by Crippen LogP contribution is 2.19. The molecule has 14 heavy (non-hydrogen) atoms. The first-order valence-corrected chi connectivity index (χ1v) is 4.11. The smallest absolute Gasteiger partial charge is 0.322 e. The SMILES string of the molecule is Cc1ccccc1-c1noc(C#N)n1. The molecule has 0 bridgehead atoms. The number of aromatic nitrogens is 2. The molecule has 0 aliphatic rings. The van der Waals surface area contributed by atoms with Crippen molar-refractivity contribution in [1.82, 2.24) is 10.1 Å². The van der Waals surface area contributed by atoms with E-state index in [0.29, 0.717) is 5.82 Å². The minimum atomic E-state index is -0.0109. The van der Waals surface area contributed by atoms with Crippen LogP contribution in [0.25, 0.3) is 11.4 Å². The van der Waals surface area contributed by atoms with Crippen LogP contribution in [0.4, 0.5) is 0 Å². The minimum absolute atomic E-state index is 0.0109. The first kappa shape index (κ1) is 8.45. The van der Waals surface area contributed by atoms with Crippen molar-refractivity contribution in [3.8, 4) is 17.5 Å². The van der Waals surface area contributed by atoms with E-state index in [-0.39, 0.29) is 5.89 Å². The summed E-state index contributed by atoms with van der Waals surface area (Å²) in [6.07, 6.45) is 0. The van der Waals surface area contributed by atoms with Crippen molar-refractivity contribution in [2.24, 2.45) is 0 Å². The fourth-order valence-corrected chi connectivity index (χ4v) is 1.20. The van der Waals surface area contributed by atoms with Gasteiger partial charge in [-0.25, -0.2) is 0 Å². The Kier molecular flexibility index (Phi) is 1.99. The first-order valence-electron chi connectivity index (χ1n) is 4.11. The van der Waals surface area contributed by atoms with E-state index < -0.39 is 0 Å². The molecule has 4 heteroatoms. The predicted molar refractivity (Wildman–Crippen MR) is 49.2 cm³/mol. The highest BCUT2D eigenvalue weighted by atomic mass is 16.5. The third-order valence-corrected chi connectivity index (χ3v) is 1.91. The van der Waals surface area contributed by atoms with Gasteiger partial charge >= 0.3 is 5.89 Å². The third kappa shape index (κ3) is 1.36. The van der Waals surface area contributed by atoms with Crippen molar-refractivity contribution in [1.29, 1.82) is 5.26 Å². The Balaban J connectivity index is 2.51. The molecule has 68 valence electrons. The van der Waals surface area contributed by atoms with Crippen LogP contribution in [0.1, 0.15) is 11.5 Å². The van der Waals surface area contributed by atoms with Gasteiger partial charge in [-0.15, -0.1) is 0 Å². The van der Waals surface area contributed by atoms with Crippen molar-refractivity contribution in [2.75, 3.05) is 0 Å². The van der Waals surface area contributed by atoms with Gasteiger partial charge in [-0.05, 0) is 12.5 Å². The normalized spacial score (nSPS) is 9.71. The quantitative estimate of drug-likeness (QED) is 0.680. The zero-order valence-corrected chi connectivity index (χ0v) is 7.56. The van der Waals surface area contributed by atoms with E-state index in [1.165, 1.54) is 0 Å². The Morgan fingerprint density at radius 3 is 2.79 bits per heavy atom. The van der Waals surface area contributed by atoms with E-state index in [4.69, 9.17) is 9.78 Å². The van der Waals surface area contributed by atoms with Crippen molar-refractivity contribution < 1.29 is 4.52 Å². The Hall–Kier alpha value is -2.15. The van der Waals surface area contributed by atoms with Crippen LogP contribution >= 0.6 is 0 Å². The van der Waals surface area contributed by atoms with Crippen LogP contribution in [0, 0.1) is 18.3 Å². The zero-order chi connectivity index (χ0) is 9.97. The number of nitriles is 1. The molecule has 0 N–H and O–H groups in total. The average molecular weight is 185 g/mol. The molecule has 0 atom stereocenters. The fourth-order valence-electron chi connectivity index (χ4n) is 1.20. The summed E-state index contributed by atoms with van der Waals surface area (Å²) < 4.78 is 4.70. The number of aryl methyl sites for hydroxylation is 1. The molecule has 0 spiro atoms. The summed E-state index contributed by atoms with van der Waals surface area (Å²) in [5.41, 5.74) is 1.94. The van der Waals surface area contributed by atoms with Crippen LogP contribution in [-0.4, -0.2) is 10.1 Å². The van der Waals surface area contributed by atoms with Gasteiger partial charge in [0.15, 0.2) is 6.07 Å². The van der Waals surface area contributed by atoms with Crippen LogP contribution in [0.15, 0.2) is 28.8 Å². The Labute approximate surface area is 80.8 Å². The van der Waals surface area contributed by atoms with Gasteiger partial charge in [0.2, 0.25) is 5.82 Å². The highest BCUT2D eigenvalue weighted by molar-refractivity contribution is 5.59. The molecule has 0 fully saturated rings. The number of benzene rings is 1. The number of hydrogen-bond acceptors (Lipinski definition) is 4. The Morgan fingerprint density at radius 2 is 2.14 bits per heavy atom. The Bertz CT molecular complexity index is 496. The summed E-state index contributed by atoms with van der Waals surface area (Å²) in [5, 5.41) is 12.2. The third-order valence-electron chi connectivity index (χ3n) is 1.91. The lowest BCUT2D eigenvalue weighted by Gasteiger charge is -1.97. The van der Waals surface area contributed by atoms with E-state index >= 15 is 0 Å². The second-order valence-electron chi connectivity index (χ2n) is 2.85. The van der Waals surface area contributed by atoms with Crippen molar-refractivity contribution >= 4 is 0 Å². The lowest BCUT2D eigenvalue weighted by Crippen LogP contribution is -1.84. The maximum Gasteiger partial charge on any atom is 0.329 e. The molecule has 0 amide bonds.